The van der Waals surface area contributed by atoms with Gasteiger partial charge in [-0.1, -0.05) is 32.9 Å². The Morgan fingerprint density at radius 2 is 1.86 bits per heavy atom. The molecule has 21 heavy (non-hydrogen) atoms. The van der Waals surface area contributed by atoms with Crippen LogP contribution >= 0.6 is 22.6 Å². The van der Waals surface area contributed by atoms with Gasteiger partial charge >= 0.3 is 0 Å². The van der Waals surface area contributed by atoms with Crippen molar-refractivity contribution in [3.63, 3.8) is 0 Å². The molecular formula is C16H19FIN3. The molecule has 0 unspecified atom stereocenters. The van der Waals surface area contributed by atoms with Gasteiger partial charge in [0.2, 0.25) is 0 Å². The summed E-state index contributed by atoms with van der Waals surface area (Å²) < 4.78 is 14.8. The zero-order chi connectivity index (χ0) is 15.8. The molecule has 5 heteroatoms. The van der Waals surface area contributed by atoms with Gasteiger partial charge in [0.05, 0.1) is 9.26 Å². The summed E-state index contributed by atoms with van der Waals surface area (Å²) in [5.41, 5.74) is 2.16. The number of aromatic nitrogens is 2. The lowest BCUT2D eigenvalue weighted by Crippen LogP contribution is -2.18. The van der Waals surface area contributed by atoms with E-state index in [1.807, 2.05) is 13.1 Å². The number of benzene rings is 1. The van der Waals surface area contributed by atoms with Crippen molar-refractivity contribution in [2.24, 2.45) is 0 Å². The summed E-state index contributed by atoms with van der Waals surface area (Å²) in [5.74, 6) is 1.08. The Bertz CT molecular complexity index is 678. The molecule has 112 valence electrons. The van der Waals surface area contributed by atoms with E-state index in [0.717, 1.165) is 15.1 Å². The molecule has 1 heterocycles. The van der Waals surface area contributed by atoms with Crippen LogP contribution in [0.15, 0.2) is 18.2 Å². The molecule has 0 radical (unpaired) electrons. The topological polar surface area (TPSA) is 37.8 Å². The van der Waals surface area contributed by atoms with Gasteiger partial charge in [0.15, 0.2) is 5.82 Å². The standard InChI is InChI=1S/C16H19FIN3/c1-9-6-7-10(8-11(9)17)14-20-13(16(2,3)4)12(18)15(19-5)21-14/h6-8H,1-5H3,(H,19,20,21). The van der Waals surface area contributed by atoms with Crippen molar-refractivity contribution in [3.05, 3.63) is 38.8 Å². The smallest absolute Gasteiger partial charge is 0.161 e. The van der Waals surface area contributed by atoms with Crippen LogP contribution in [0.5, 0.6) is 0 Å². The quantitative estimate of drug-likeness (QED) is 0.754. The first-order valence-electron chi connectivity index (χ1n) is 6.76. The molecule has 0 aliphatic carbocycles. The molecule has 1 aromatic carbocycles. The van der Waals surface area contributed by atoms with Crippen LogP contribution < -0.4 is 5.32 Å². The van der Waals surface area contributed by atoms with Crippen molar-refractivity contribution < 1.29 is 4.39 Å². The van der Waals surface area contributed by atoms with E-state index < -0.39 is 0 Å². The molecule has 0 spiro atoms. The second kappa shape index (κ2) is 5.87. The summed E-state index contributed by atoms with van der Waals surface area (Å²) in [4.78, 5) is 9.18. The maximum absolute atomic E-state index is 13.8. The third-order valence-corrected chi connectivity index (χ3v) is 4.25. The fourth-order valence-electron chi connectivity index (χ4n) is 1.97. The number of anilines is 1. The van der Waals surface area contributed by atoms with Gasteiger partial charge in [0, 0.05) is 18.0 Å². The molecule has 0 saturated heterocycles. The van der Waals surface area contributed by atoms with E-state index >= 15 is 0 Å². The van der Waals surface area contributed by atoms with Crippen LogP contribution in [0, 0.1) is 16.3 Å². The fourth-order valence-corrected chi connectivity index (χ4v) is 3.29. The molecule has 1 aromatic heterocycles. The summed E-state index contributed by atoms with van der Waals surface area (Å²) in [6.45, 7) is 8.07. The number of nitrogens with one attached hydrogen (secondary N) is 1. The fraction of sp³-hybridized carbons (Fsp3) is 0.375. The maximum atomic E-state index is 13.8. The van der Waals surface area contributed by atoms with Gasteiger partial charge in [-0.2, -0.15) is 0 Å². The van der Waals surface area contributed by atoms with E-state index in [1.165, 1.54) is 6.07 Å². The Morgan fingerprint density at radius 3 is 2.38 bits per heavy atom. The molecule has 0 bridgehead atoms. The van der Waals surface area contributed by atoms with Crippen molar-refractivity contribution in [1.29, 1.82) is 0 Å². The van der Waals surface area contributed by atoms with Gasteiger partial charge < -0.3 is 5.32 Å². The second-order valence-electron chi connectivity index (χ2n) is 6.02. The highest BCUT2D eigenvalue weighted by Gasteiger charge is 2.23. The molecule has 0 fully saturated rings. The third kappa shape index (κ3) is 3.33. The molecule has 0 atom stereocenters. The number of nitrogens with zero attached hydrogens (tertiary/aromatic N) is 2. The first kappa shape index (κ1) is 16.1. The Balaban J connectivity index is 2.66. The van der Waals surface area contributed by atoms with Crippen LogP contribution in [0.3, 0.4) is 0 Å². The normalized spacial score (nSPS) is 11.6. The van der Waals surface area contributed by atoms with Crippen molar-refractivity contribution >= 4 is 28.4 Å². The van der Waals surface area contributed by atoms with Crippen LogP contribution in [-0.4, -0.2) is 17.0 Å². The van der Waals surface area contributed by atoms with Crippen molar-refractivity contribution in [3.8, 4) is 11.4 Å². The van der Waals surface area contributed by atoms with Crippen LogP contribution in [0.25, 0.3) is 11.4 Å². The molecule has 1 N–H and O–H groups in total. The summed E-state index contributed by atoms with van der Waals surface area (Å²) >= 11 is 2.25. The lowest BCUT2D eigenvalue weighted by Gasteiger charge is -2.21. The highest BCUT2D eigenvalue weighted by molar-refractivity contribution is 14.1. The minimum absolute atomic E-state index is 0.108. The van der Waals surface area contributed by atoms with E-state index in [0.29, 0.717) is 17.0 Å². The van der Waals surface area contributed by atoms with Gasteiger partial charge in [-0.25, -0.2) is 14.4 Å². The average Bonchev–Trinajstić information content (AvgIpc) is 2.41. The minimum atomic E-state index is -0.238. The Kier molecular flexibility index (Phi) is 4.51. The van der Waals surface area contributed by atoms with Crippen LogP contribution in [-0.2, 0) is 5.41 Å². The summed E-state index contributed by atoms with van der Waals surface area (Å²) in [5, 5.41) is 3.09. The molecule has 3 nitrogen and oxygen atoms in total. The molecule has 2 rings (SSSR count). The molecule has 0 amide bonds. The lowest BCUT2D eigenvalue weighted by molar-refractivity contribution is 0.564. The molecule has 0 aliphatic heterocycles. The molecule has 0 saturated carbocycles. The number of aryl methyl sites for hydroxylation is 1. The number of rotatable bonds is 2. The average molecular weight is 399 g/mol. The first-order chi connectivity index (χ1) is 9.74. The predicted octanol–water partition coefficient (Wildman–Crippen LogP) is 4.53. The summed E-state index contributed by atoms with van der Waals surface area (Å²) in [6.07, 6.45) is 0. The van der Waals surface area contributed by atoms with Gasteiger partial charge in [0.1, 0.15) is 11.6 Å². The first-order valence-corrected chi connectivity index (χ1v) is 7.84. The largest absolute Gasteiger partial charge is 0.372 e. The summed E-state index contributed by atoms with van der Waals surface area (Å²) in [6, 6.07) is 5.09. The van der Waals surface area contributed by atoms with E-state index in [2.05, 4.69) is 58.6 Å². The lowest BCUT2D eigenvalue weighted by atomic mass is 9.91. The number of halogens is 2. The van der Waals surface area contributed by atoms with Crippen molar-refractivity contribution in [2.45, 2.75) is 33.1 Å². The maximum Gasteiger partial charge on any atom is 0.161 e. The van der Waals surface area contributed by atoms with Gasteiger partial charge in [-0.3, -0.25) is 0 Å². The zero-order valence-electron chi connectivity index (χ0n) is 12.9. The van der Waals surface area contributed by atoms with Crippen molar-refractivity contribution in [2.75, 3.05) is 12.4 Å². The van der Waals surface area contributed by atoms with Gasteiger partial charge in [-0.15, -0.1) is 0 Å². The Morgan fingerprint density at radius 1 is 1.19 bits per heavy atom. The highest BCUT2D eigenvalue weighted by Crippen LogP contribution is 2.31. The minimum Gasteiger partial charge on any atom is -0.372 e. The van der Waals surface area contributed by atoms with Crippen LogP contribution in [0.2, 0.25) is 0 Å². The second-order valence-corrected chi connectivity index (χ2v) is 7.10. The molecular weight excluding hydrogens is 380 g/mol. The third-order valence-electron chi connectivity index (χ3n) is 3.23. The predicted molar refractivity (Wildman–Crippen MR) is 93.1 cm³/mol. The van der Waals surface area contributed by atoms with Crippen molar-refractivity contribution in [1.82, 2.24) is 9.97 Å². The number of hydrogen-bond donors (Lipinski definition) is 1. The summed E-state index contributed by atoms with van der Waals surface area (Å²) in [7, 11) is 1.83. The SMILES string of the molecule is CNc1nc(-c2ccc(C)c(F)c2)nc(C(C)(C)C)c1I. The molecule has 0 aliphatic rings. The zero-order valence-corrected chi connectivity index (χ0v) is 15.0. The van der Waals surface area contributed by atoms with Gasteiger partial charge in [-0.05, 0) is 41.1 Å². The highest BCUT2D eigenvalue weighted by atomic mass is 127. The Hall–Kier alpha value is -1.24. The van der Waals surface area contributed by atoms with E-state index in [1.54, 1.807) is 13.0 Å². The molecule has 2 aromatic rings. The van der Waals surface area contributed by atoms with E-state index in [4.69, 9.17) is 0 Å². The Labute approximate surface area is 138 Å². The van der Waals surface area contributed by atoms with Crippen LogP contribution in [0.4, 0.5) is 10.2 Å². The van der Waals surface area contributed by atoms with Gasteiger partial charge in [0.25, 0.3) is 0 Å². The van der Waals surface area contributed by atoms with E-state index in [-0.39, 0.29) is 11.2 Å². The number of hydrogen-bond acceptors (Lipinski definition) is 3. The monoisotopic (exact) mass is 399 g/mol. The van der Waals surface area contributed by atoms with Crippen LogP contribution in [0.1, 0.15) is 32.0 Å². The van der Waals surface area contributed by atoms with E-state index in [9.17, 15) is 4.39 Å².